The zero-order valence-electron chi connectivity index (χ0n) is 14.6. The number of hydrogen-bond acceptors (Lipinski definition) is 5. The summed E-state index contributed by atoms with van der Waals surface area (Å²) in [5.74, 6) is -0.497. The first-order valence-electron chi connectivity index (χ1n) is 8.27. The van der Waals surface area contributed by atoms with Crippen LogP contribution in [-0.2, 0) is 14.8 Å². The minimum atomic E-state index is -3.61. The molecule has 0 aliphatic heterocycles. The first-order valence-corrected chi connectivity index (χ1v) is 9.82. The zero-order chi connectivity index (χ0) is 19.5. The molecule has 1 aromatic heterocycles. The van der Waals surface area contributed by atoms with E-state index in [0.717, 1.165) is 11.0 Å². The second-order valence-electron chi connectivity index (χ2n) is 5.49. The largest absolute Gasteiger partial charge is 0.459 e. The fourth-order valence-electron chi connectivity index (χ4n) is 2.05. The van der Waals surface area contributed by atoms with Crippen molar-refractivity contribution in [1.82, 2.24) is 15.4 Å². The van der Waals surface area contributed by atoms with Gasteiger partial charge in [0.05, 0.1) is 6.26 Å². The summed E-state index contributed by atoms with van der Waals surface area (Å²) in [5, 5.41) is 6.24. The molecule has 0 aliphatic rings. The Morgan fingerprint density at radius 2 is 1.70 bits per heavy atom. The van der Waals surface area contributed by atoms with Crippen molar-refractivity contribution >= 4 is 27.9 Å². The minimum absolute atomic E-state index is 0.00939. The van der Waals surface area contributed by atoms with Crippen molar-refractivity contribution in [3.8, 4) is 0 Å². The second-order valence-corrected chi connectivity index (χ2v) is 7.14. The fraction of sp³-hybridized carbons (Fsp3) is 0.222. The SMILES string of the molecule is O=C(CCNS(=O)(=O)/C=C/c1ccccc1)NCCNC(=O)c1ccco1. The first kappa shape index (κ1) is 20.4. The molecule has 9 heteroatoms. The molecule has 1 heterocycles. The molecule has 2 rings (SSSR count). The van der Waals surface area contributed by atoms with Gasteiger partial charge in [0.1, 0.15) is 0 Å². The van der Waals surface area contributed by atoms with E-state index in [0.29, 0.717) is 0 Å². The van der Waals surface area contributed by atoms with E-state index in [2.05, 4.69) is 15.4 Å². The maximum atomic E-state index is 11.8. The Labute approximate surface area is 157 Å². The molecule has 8 nitrogen and oxygen atoms in total. The lowest BCUT2D eigenvalue weighted by Crippen LogP contribution is -2.36. The summed E-state index contributed by atoms with van der Waals surface area (Å²) in [5.41, 5.74) is 0.761. The lowest BCUT2D eigenvalue weighted by Gasteiger charge is -2.06. The molecule has 0 spiro atoms. The van der Waals surface area contributed by atoms with Crippen molar-refractivity contribution in [3.05, 3.63) is 65.5 Å². The average Bonchev–Trinajstić information content (AvgIpc) is 3.19. The van der Waals surface area contributed by atoms with Gasteiger partial charge in [-0.2, -0.15) is 0 Å². The van der Waals surface area contributed by atoms with E-state index in [1.54, 1.807) is 30.3 Å². The van der Waals surface area contributed by atoms with Crippen LogP contribution in [0.4, 0.5) is 0 Å². The predicted octanol–water partition coefficient (Wildman–Crippen LogP) is 1.11. The summed E-state index contributed by atoms with van der Waals surface area (Å²) in [6.45, 7) is 0.439. The lowest BCUT2D eigenvalue weighted by molar-refractivity contribution is -0.120. The van der Waals surface area contributed by atoms with Gasteiger partial charge in [-0.05, 0) is 23.8 Å². The van der Waals surface area contributed by atoms with Gasteiger partial charge in [-0.3, -0.25) is 9.59 Å². The highest BCUT2D eigenvalue weighted by Gasteiger charge is 2.09. The van der Waals surface area contributed by atoms with E-state index in [9.17, 15) is 18.0 Å². The van der Waals surface area contributed by atoms with Gasteiger partial charge in [0.25, 0.3) is 5.91 Å². The summed E-state index contributed by atoms with van der Waals surface area (Å²) >= 11 is 0. The van der Waals surface area contributed by atoms with Crippen LogP contribution in [0.5, 0.6) is 0 Å². The third-order valence-corrected chi connectivity index (χ3v) is 4.47. The smallest absolute Gasteiger partial charge is 0.287 e. The van der Waals surface area contributed by atoms with Gasteiger partial charge in [-0.25, -0.2) is 13.1 Å². The van der Waals surface area contributed by atoms with Gasteiger partial charge < -0.3 is 15.1 Å². The monoisotopic (exact) mass is 391 g/mol. The highest BCUT2D eigenvalue weighted by molar-refractivity contribution is 7.92. The normalized spacial score (nSPS) is 11.4. The molecular formula is C18H21N3O5S. The van der Waals surface area contributed by atoms with Crippen molar-refractivity contribution in [1.29, 1.82) is 0 Å². The topological polar surface area (TPSA) is 118 Å². The molecule has 0 aliphatic carbocycles. The number of amides is 2. The minimum Gasteiger partial charge on any atom is -0.459 e. The van der Waals surface area contributed by atoms with Gasteiger partial charge in [-0.15, -0.1) is 0 Å². The summed E-state index contributed by atoms with van der Waals surface area (Å²) < 4.78 is 31.0. The van der Waals surface area contributed by atoms with Gasteiger partial charge in [0.2, 0.25) is 15.9 Å². The van der Waals surface area contributed by atoms with Gasteiger partial charge >= 0.3 is 0 Å². The van der Waals surface area contributed by atoms with Crippen molar-refractivity contribution < 1.29 is 22.4 Å². The Bertz CT molecular complexity index is 862. The molecule has 0 atom stereocenters. The summed E-state index contributed by atoms with van der Waals surface area (Å²) in [6.07, 6.45) is 2.86. The number of rotatable bonds is 10. The van der Waals surface area contributed by atoms with Crippen molar-refractivity contribution in [3.63, 3.8) is 0 Å². The van der Waals surface area contributed by atoms with Crippen LogP contribution in [0, 0.1) is 0 Å². The van der Waals surface area contributed by atoms with Gasteiger partial charge in [0, 0.05) is 31.5 Å². The van der Waals surface area contributed by atoms with E-state index in [1.807, 2.05) is 6.07 Å². The maximum Gasteiger partial charge on any atom is 0.287 e. The van der Waals surface area contributed by atoms with Gasteiger partial charge in [0.15, 0.2) is 5.76 Å². The Balaban J connectivity index is 1.61. The van der Waals surface area contributed by atoms with E-state index >= 15 is 0 Å². The highest BCUT2D eigenvalue weighted by Crippen LogP contribution is 2.02. The van der Waals surface area contributed by atoms with E-state index in [1.165, 1.54) is 18.4 Å². The molecule has 0 saturated carbocycles. The maximum absolute atomic E-state index is 11.8. The number of nitrogens with one attached hydrogen (secondary N) is 3. The molecule has 0 unspecified atom stereocenters. The van der Waals surface area contributed by atoms with Crippen molar-refractivity contribution in [2.75, 3.05) is 19.6 Å². The van der Waals surface area contributed by atoms with E-state index in [4.69, 9.17) is 4.42 Å². The number of furan rings is 1. The van der Waals surface area contributed by atoms with Crippen LogP contribution < -0.4 is 15.4 Å². The molecule has 0 radical (unpaired) electrons. The van der Waals surface area contributed by atoms with Crippen LogP contribution >= 0.6 is 0 Å². The van der Waals surface area contributed by atoms with E-state index in [-0.39, 0.29) is 43.6 Å². The van der Waals surface area contributed by atoms with Crippen LogP contribution in [0.15, 0.2) is 58.6 Å². The summed E-state index contributed by atoms with van der Waals surface area (Å²) in [6, 6.07) is 12.2. The zero-order valence-corrected chi connectivity index (χ0v) is 15.4. The molecular weight excluding hydrogens is 370 g/mol. The molecule has 2 aromatic rings. The molecule has 2 amide bonds. The first-order chi connectivity index (χ1) is 13.0. The number of carbonyl (C=O) groups is 2. The molecule has 144 valence electrons. The standard InChI is InChI=1S/C18H21N3O5S/c22-17(19-11-12-20-18(23)16-7-4-13-26-16)8-10-21-27(24,25)14-9-15-5-2-1-3-6-15/h1-7,9,13-14,21H,8,10-12H2,(H,19,22)(H,20,23)/b14-9+. The molecule has 0 saturated heterocycles. The Hall–Kier alpha value is -2.91. The molecule has 27 heavy (non-hydrogen) atoms. The second kappa shape index (κ2) is 10.3. The average molecular weight is 391 g/mol. The van der Waals surface area contributed by atoms with Crippen LogP contribution in [-0.4, -0.2) is 39.9 Å². The van der Waals surface area contributed by atoms with Crippen LogP contribution in [0.3, 0.4) is 0 Å². The summed E-state index contributed by atoms with van der Waals surface area (Å²) in [7, 11) is -3.61. The van der Waals surface area contributed by atoms with Crippen molar-refractivity contribution in [2.45, 2.75) is 6.42 Å². The third-order valence-electron chi connectivity index (χ3n) is 3.37. The number of sulfonamides is 1. The highest BCUT2D eigenvalue weighted by atomic mass is 32.2. The Morgan fingerprint density at radius 3 is 2.41 bits per heavy atom. The van der Waals surface area contributed by atoms with Crippen LogP contribution in [0.25, 0.3) is 6.08 Å². The quantitative estimate of drug-likeness (QED) is 0.525. The third kappa shape index (κ3) is 7.89. The molecule has 0 fully saturated rings. The molecule has 1 aromatic carbocycles. The Kier molecular flexibility index (Phi) is 7.78. The molecule has 3 N–H and O–H groups in total. The Morgan fingerprint density at radius 1 is 0.963 bits per heavy atom. The van der Waals surface area contributed by atoms with E-state index < -0.39 is 10.0 Å². The van der Waals surface area contributed by atoms with Crippen LogP contribution in [0.2, 0.25) is 0 Å². The summed E-state index contributed by atoms with van der Waals surface area (Å²) in [4.78, 5) is 23.3. The van der Waals surface area contributed by atoms with Gasteiger partial charge in [-0.1, -0.05) is 30.3 Å². The lowest BCUT2D eigenvalue weighted by atomic mass is 10.2. The van der Waals surface area contributed by atoms with Crippen LogP contribution in [0.1, 0.15) is 22.5 Å². The number of carbonyl (C=O) groups excluding carboxylic acids is 2. The number of hydrogen-bond donors (Lipinski definition) is 3. The molecule has 0 bridgehead atoms. The van der Waals surface area contributed by atoms with Crippen molar-refractivity contribution in [2.24, 2.45) is 0 Å². The fourth-order valence-corrected chi connectivity index (χ4v) is 2.87. The number of benzene rings is 1. The predicted molar refractivity (Wildman–Crippen MR) is 101 cm³/mol.